The summed E-state index contributed by atoms with van der Waals surface area (Å²) >= 11 is 0. The molecule has 0 saturated heterocycles. The Morgan fingerprint density at radius 3 is 2.60 bits per heavy atom. The molecular weight excluding hydrogens is 196 g/mol. The first-order valence-corrected chi connectivity index (χ1v) is 4.93. The van der Waals surface area contributed by atoms with E-state index in [1.807, 2.05) is 13.0 Å². The van der Waals surface area contributed by atoms with Crippen LogP contribution in [0.3, 0.4) is 0 Å². The van der Waals surface area contributed by atoms with Crippen molar-refractivity contribution in [3.05, 3.63) is 11.6 Å². The first kappa shape index (κ1) is 11.8. The lowest BCUT2D eigenvalue weighted by Gasteiger charge is -2.33. The summed E-state index contributed by atoms with van der Waals surface area (Å²) in [6, 6.07) is 0. The lowest BCUT2D eigenvalue weighted by molar-refractivity contribution is -0.314. The van der Waals surface area contributed by atoms with Gasteiger partial charge in [0.25, 0.3) is 0 Å². The van der Waals surface area contributed by atoms with Crippen molar-refractivity contribution in [3.63, 3.8) is 0 Å². The number of aliphatic carboxylic acids is 1. The van der Waals surface area contributed by atoms with Gasteiger partial charge in [-0.1, -0.05) is 18.6 Å². The SMILES string of the molecule is COC(=O)[C@@H]1CC(C)=C[C@@H](C)[C@H]1C(=O)[O-]. The van der Waals surface area contributed by atoms with Crippen molar-refractivity contribution in [3.8, 4) is 0 Å². The van der Waals surface area contributed by atoms with Gasteiger partial charge in [-0.25, -0.2) is 0 Å². The van der Waals surface area contributed by atoms with Gasteiger partial charge in [0.2, 0.25) is 0 Å². The molecule has 1 aliphatic rings. The fourth-order valence-corrected chi connectivity index (χ4v) is 2.22. The van der Waals surface area contributed by atoms with E-state index in [4.69, 9.17) is 0 Å². The van der Waals surface area contributed by atoms with Crippen LogP contribution in [0.5, 0.6) is 0 Å². The van der Waals surface area contributed by atoms with E-state index in [1.54, 1.807) is 6.92 Å². The van der Waals surface area contributed by atoms with Crippen LogP contribution >= 0.6 is 0 Å². The minimum atomic E-state index is -1.18. The Bertz CT molecular complexity index is 306. The average molecular weight is 211 g/mol. The van der Waals surface area contributed by atoms with Crippen LogP contribution < -0.4 is 5.11 Å². The molecule has 0 amide bonds. The molecule has 0 spiro atoms. The summed E-state index contributed by atoms with van der Waals surface area (Å²) in [5.74, 6) is -3.22. The van der Waals surface area contributed by atoms with Crippen LogP contribution in [0.15, 0.2) is 11.6 Å². The maximum Gasteiger partial charge on any atom is 0.309 e. The van der Waals surface area contributed by atoms with Crippen molar-refractivity contribution in [1.29, 1.82) is 0 Å². The number of carboxylic acids is 1. The van der Waals surface area contributed by atoms with Gasteiger partial charge in [0.15, 0.2) is 0 Å². The molecule has 0 aliphatic heterocycles. The van der Waals surface area contributed by atoms with E-state index < -0.39 is 23.8 Å². The summed E-state index contributed by atoms with van der Waals surface area (Å²) in [6.07, 6.45) is 2.32. The van der Waals surface area contributed by atoms with Crippen LogP contribution in [0.25, 0.3) is 0 Å². The van der Waals surface area contributed by atoms with Crippen LogP contribution in [0.4, 0.5) is 0 Å². The molecule has 3 atom stereocenters. The molecule has 0 heterocycles. The number of esters is 1. The number of ether oxygens (including phenoxy) is 1. The number of rotatable bonds is 2. The summed E-state index contributed by atoms with van der Waals surface area (Å²) in [7, 11) is 1.27. The molecule has 0 aromatic heterocycles. The molecular formula is C11H15O4-. The van der Waals surface area contributed by atoms with Crippen LogP contribution in [-0.2, 0) is 14.3 Å². The third kappa shape index (κ3) is 2.37. The highest BCUT2D eigenvalue weighted by Gasteiger charge is 2.36. The zero-order valence-corrected chi connectivity index (χ0v) is 9.15. The molecule has 0 unspecified atom stereocenters. The smallest absolute Gasteiger partial charge is 0.309 e. The van der Waals surface area contributed by atoms with Crippen LogP contribution in [-0.4, -0.2) is 19.0 Å². The van der Waals surface area contributed by atoms with E-state index >= 15 is 0 Å². The number of hydrogen-bond acceptors (Lipinski definition) is 4. The van der Waals surface area contributed by atoms with Gasteiger partial charge in [-0.3, -0.25) is 4.79 Å². The molecule has 4 heteroatoms. The van der Waals surface area contributed by atoms with E-state index in [0.29, 0.717) is 6.42 Å². The van der Waals surface area contributed by atoms with Crippen molar-refractivity contribution >= 4 is 11.9 Å². The predicted octanol–water partition coefficient (Wildman–Crippen LogP) is 0.128. The van der Waals surface area contributed by atoms with E-state index in [-0.39, 0.29) is 5.92 Å². The van der Waals surface area contributed by atoms with Crippen LogP contribution in [0.2, 0.25) is 0 Å². The monoisotopic (exact) mass is 211 g/mol. The molecule has 0 saturated carbocycles. The molecule has 0 aromatic carbocycles. The zero-order valence-electron chi connectivity index (χ0n) is 9.15. The Morgan fingerprint density at radius 2 is 2.13 bits per heavy atom. The first-order chi connectivity index (χ1) is 6.97. The third-order valence-electron chi connectivity index (χ3n) is 2.87. The molecule has 84 valence electrons. The Balaban J connectivity index is 2.97. The Labute approximate surface area is 88.9 Å². The number of carboxylic acid groups (broad SMARTS) is 1. The molecule has 0 bridgehead atoms. The largest absolute Gasteiger partial charge is 0.550 e. The second kappa shape index (κ2) is 4.47. The van der Waals surface area contributed by atoms with Crippen LogP contribution in [0.1, 0.15) is 20.3 Å². The van der Waals surface area contributed by atoms with Gasteiger partial charge in [0.1, 0.15) is 0 Å². The molecule has 1 rings (SSSR count). The number of carbonyl (C=O) groups excluding carboxylic acids is 2. The number of carbonyl (C=O) groups is 2. The fourth-order valence-electron chi connectivity index (χ4n) is 2.22. The normalized spacial score (nSPS) is 30.6. The summed E-state index contributed by atoms with van der Waals surface area (Å²) in [5, 5.41) is 11.0. The van der Waals surface area contributed by atoms with E-state index in [2.05, 4.69) is 4.74 Å². The quantitative estimate of drug-likeness (QED) is 0.481. The lowest BCUT2D eigenvalue weighted by atomic mass is 9.74. The molecule has 4 nitrogen and oxygen atoms in total. The highest BCUT2D eigenvalue weighted by Crippen LogP contribution is 2.34. The zero-order chi connectivity index (χ0) is 11.6. The number of methoxy groups -OCH3 is 1. The van der Waals surface area contributed by atoms with Gasteiger partial charge in [0.05, 0.1) is 13.0 Å². The van der Waals surface area contributed by atoms with Crippen molar-refractivity contribution in [2.24, 2.45) is 17.8 Å². The second-order valence-electron chi connectivity index (χ2n) is 4.05. The van der Waals surface area contributed by atoms with Crippen molar-refractivity contribution in [2.45, 2.75) is 20.3 Å². The van der Waals surface area contributed by atoms with E-state index in [0.717, 1.165) is 5.57 Å². The van der Waals surface area contributed by atoms with Crippen molar-refractivity contribution < 1.29 is 19.4 Å². The standard InChI is InChI=1S/C11H16O4/c1-6-4-7(2)9(10(12)13)8(5-6)11(14)15-3/h4,7-9H,5H2,1-3H3,(H,12,13)/p-1/t7-,8-,9-/m1/s1. The van der Waals surface area contributed by atoms with Gasteiger partial charge in [-0.05, 0) is 19.3 Å². The second-order valence-corrected chi connectivity index (χ2v) is 4.05. The van der Waals surface area contributed by atoms with Gasteiger partial charge in [0, 0.05) is 11.9 Å². The summed E-state index contributed by atoms with van der Waals surface area (Å²) in [5.41, 5.74) is 1.02. The maximum atomic E-state index is 11.4. The number of hydrogen-bond donors (Lipinski definition) is 0. The Kier molecular flexibility index (Phi) is 3.50. The molecule has 1 aliphatic carbocycles. The summed E-state index contributed by atoms with van der Waals surface area (Å²) in [4.78, 5) is 22.4. The van der Waals surface area contributed by atoms with Crippen LogP contribution in [0, 0.1) is 17.8 Å². The average Bonchev–Trinajstić information content (AvgIpc) is 2.14. The first-order valence-electron chi connectivity index (χ1n) is 4.93. The summed E-state index contributed by atoms with van der Waals surface area (Å²) in [6.45, 7) is 3.66. The summed E-state index contributed by atoms with van der Waals surface area (Å²) < 4.78 is 4.61. The van der Waals surface area contributed by atoms with E-state index in [9.17, 15) is 14.7 Å². The fraction of sp³-hybridized carbons (Fsp3) is 0.636. The van der Waals surface area contributed by atoms with Gasteiger partial charge in [-0.2, -0.15) is 0 Å². The van der Waals surface area contributed by atoms with Gasteiger partial charge in [-0.15, -0.1) is 0 Å². The molecule has 15 heavy (non-hydrogen) atoms. The molecule has 0 aromatic rings. The third-order valence-corrected chi connectivity index (χ3v) is 2.87. The van der Waals surface area contributed by atoms with Gasteiger partial charge >= 0.3 is 5.97 Å². The molecule has 0 fully saturated rings. The minimum absolute atomic E-state index is 0.187. The Morgan fingerprint density at radius 1 is 1.53 bits per heavy atom. The van der Waals surface area contributed by atoms with E-state index in [1.165, 1.54) is 7.11 Å². The Hall–Kier alpha value is -1.32. The minimum Gasteiger partial charge on any atom is -0.550 e. The maximum absolute atomic E-state index is 11.4. The van der Waals surface area contributed by atoms with Gasteiger partial charge < -0.3 is 14.6 Å². The highest BCUT2D eigenvalue weighted by molar-refractivity contribution is 5.81. The highest BCUT2D eigenvalue weighted by atomic mass is 16.5. The lowest BCUT2D eigenvalue weighted by Crippen LogP contribution is -2.44. The topological polar surface area (TPSA) is 66.4 Å². The van der Waals surface area contributed by atoms with Crippen molar-refractivity contribution in [2.75, 3.05) is 7.11 Å². The molecule has 0 radical (unpaired) electrons. The predicted molar refractivity (Wildman–Crippen MR) is 51.5 cm³/mol. The molecule has 0 N–H and O–H groups in total. The number of allylic oxidation sites excluding steroid dienone is 2. The van der Waals surface area contributed by atoms with Crippen molar-refractivity contribution in [1.82, 2.24) is 0 Å².